The molecule has 4 rings (SSSR count). The first kappa shape index (κ1) is 18.7. The Morgan fingerprint density at radius 2 is 1.90 bits per heavy atom. The van der Waals surface area contributed by atoms with Crippen LogP contribution in [-0.2, 0) is 17.5 Å². The van der Waals surface area contributed by atoms with Gasteiger partial charge in [0.05, 0.1) is 22.5 Å². The number of benzene rings is 2. The molecule has 2 heterocycles. The molecule has 2 aromatic heterocycles. The van der Waals surface area contributed by atoms with Gasteiger partial charge in [-0.3, -0.25) is 4.79 Å². The predicted octanol–water partition coefficient (Wildman–Crippen LogP) is 3.58. The number of carbonyl (C=O) groups is 1. The van der Waals surface area contributed by atoms with Crippen molar-refractivity contribution in [3.05, 3.63) is 65.9 Å². The maximum Gasteiger partial charge on any atom is 0.416 e. The van der Waals surface area contributed by atoms with Crippen molar-refractivity contribution in [3.8, 4) is 5.69 Å². The number of nitrogens with one attached hydrogen (secondary N) is 1. The van der Waals surface area contributed by atoms with E-state index >= 15 is 0 Å². The number of alkyl halides is 3. The van der Waals surface area contributed by atoms with Gasteiger partial charge >= 0.3 is 6.18 Å². The van der Waals surface area contributed by atoms with Gasteiger partial charge in [-0.15, -0.1) is 5.10 Å². The minimum absolute atomic E-state index is 0.104. The number of nitrogens with zero attached hydrogens (tertiary/aromatic N) is 5. The van der Waals surface area contributed by atoms with E-state index in [1.807, 2.05) is 12.1 Å². The minimum atomic E-state index is -4.48. The van der Waals surface area contributed by atoms with Crippen molar-refractivity contribution in [3.63, 3.8) is 0 Å². The van der Waals surface area contributed by atoms with Crippen LogP contribution in [0.15, 0.2) is 54.6 Å². The second-order valence-corrected chi connectivity index (χ2v) is 6.41. The van der Waals surface area contributed by atoms with Crippen LogP contribution in [0.1, 0.15) is 11.3 Å². The normalized spacial score (nSPS) is 11.7. The van der Waals surface area contributed by atoms with Crippen LogP contribution in [0.3, 0.4) is 0 Å². The van der Waals surface area contributed by atoms with Crippen LogP contribution >= 0.6 is 0 Å². The van der Waals surface area contributed by atoms with E-state index in [0.717, 1.165) is 12.1 Å². The number of carbonyl (C=O) groups excluding carboxylic acids is 1. The molecule has 0 fully saturated rings. The van der Waals surface area contributed by atoms with Gasteiger partial charge in [-0.25, -0.2) is 9.36 Å². The number of amides is 1. The first-order chi connectivity index (χ1) is 13.8. The maximum absolute atomic E-state index is 13.0. The Bertz CT molecular complexity index is 1190. The molecule has 7 nitrogen and oxygen atoms in total. The molecule has 0 atom stereocenters. The molecule has 1 amide bonds. The van der Waals surface area contributed by atoms with Crippen molar-refractivity contribution >= 4 is 22.8 Å². The third-order valence-electron chi connectivity index (χ3n) is 4.23. The van der Waals surface area contributed by atoms with Crippen molar-refractivity contribution in [1.29, 1.82) is 0 Å². The number of rotatable bonds is 4. The van der Waals surface area contributed by atoms with Gasteiger partial charge in [0.25, 0.3) is 0 Å². The molecule has 0 spiro atoms. The SMILES string of the molecule is Cc1cc(NC(=O)Cn2nnc3ccccc32)n(-c2cccc(C(F)(F)F)c2)n1. The molecular formula is C19H15F3N6O. The predicted molar refractivity (Wildman–Crippen MR) is 99.5 cm³/mol. The number of halogens is 3. The fourth-order valence-electron chi connectivity index (χ4n) is 2.95. The fourth-order valence-corrected chi connectivity index (χ4v) is 2.95. The van der Waals surface area contributed by atoms with Gasteiger partial charge < -0.3 is 5.32 Å². The number of para-hydroxylation sites is 1. The van der Waals surface area contributed by atoms with Gasteiger partial charge in [-0.1, -0.05) is 23.4 Å². The lowest BCUT2D eigenvalue weighted by atomic mass is 10.2. The summed E-state index contributed by atoms with van der Waals surface area (Å²) in [4.78, 5) is 12.5. The minimum Gasteiger partial charge on any atom is -0.309 e. The van der Waals surface area contributed by atoms with Crippen LogP contribution in [-0.4, -0.2) is 30.7 Å². The van der Waals surface area contributed by atoms with Crippen molar-refractivity contribution < 1.29 is 18.0 Å². The fraction of sp³-hybridized carbons (Fsp3) is 0.158. The Hall–Kier alpha value is -3.69. The molecule has 0 aliphatic carbocycles. The highest BCUT2D eigenvalue weighted by Crippen LogP contribution is 2.31. The third kappa shape index (κ3) is 3.82. The van der Waals surface area contributed by atoms with Crippen LogP contribution in [0.2, 0.25) is 0 Å². The van der Waals surface area contributed by atoms with Crippen molar-refractivity contribution in [2.45, 2.75) is 19.6 Å². The third-order valence-corrected chi connectivity index (χ3v) is 4.23. The maximum atomic E-state index is 13.0. The molecule has 29 heavy (non-hydrogen) atoms. The van der Waals surface area contributed by atoms with Gasteiger partial charge in [0.1, 0.15) is 17.9 Å². The average Bonchev–Trinajstić information content (AvgIpc) is 3.25. The molecule has 2 aromatic carbocycles. The second-order valence-electron chi connectivity index (χ2n) is 6.41. The molecule has 10 heteroatoms. The number of anilines is 1. The molecule has 0 aliphatic rings. The molecular weight excluding hydrogens is 385 g/mol. The van der Waals surface area contributed by atoms with E-state index in [1.165, 1.54) is 21.5 Å². The van der Waals surface area contributed by atoms with E-state index < -0.39 is 17.6 Å². The quantitative estimate of drug-likeness (QED) is 0.568. The zero-order valence-electron chi connectivity index (χ0n) is 15.2. The van der Waals surface area contributed by atoms with Crippen LogP contribution in [0, 0.1) is 6.92 Å². The number of aryl methyl sites for hydroxylation is 1. The summed E-state index contributed by atoms with van der Waals surface area (Å²) in [6.07, 6.45) is -4.48. The molecule has 0 radical (unpaired) electrons. The summed E-state index contributed by atoms with van der Waals surface area (Å²) in [5.41, 5.74) is 1.29. The van der Waals surface area contributed by atoms with Gasteiger partial charge in [0.2, 0.25) is 5.91 Å². The van der Waals surface area contributed by atoms with E-state index in [2.05, 4.69) is 20.7 Å². The molecule has 0 saturated heterocycles. The summed E-state index contributed by atoms with van der Waals surface area (Å²) < 4.78 is 41.8. The first-order valence-corrected chi connectivity index (χ1v) is 8.63. The lowest BCUT2D eigenvalue weighted by Gasteiger charge is -2.12. The van der Waals surface area contributed by atoms with Crippen LogP contribution in [0.5, 0.6) is 0 Å². The lowest BCUT2D eigenvalue weighted by Crippen LogP contribution is -2.21. The first-order valence-electron chi connectivity index (χ1n) is 8.63. The highest BCUT2D eigenvalue weighted by molar-refractivity contribution is 5.91. The Kier molecular flexibility index (Phi) is 4.53. The Labute approximate surface area is 162 Å². The average molecular weight is 400 g/mol. The van der Waals surface area contributed by atoms with E-state index in [0.29, 0.717) is 16.7 Å². The number of fused-ring (bicyclic) bond motifs is 1. The number of hydrogen-bond acceptors (Lipinski definition) is 4. The number of aromatic nitrogens is 5. The molecule has 0 saturated carbocycles. The summed E-state index contributed by atoms with van der Waals surface area (Å²) in [5.74, 6) is -0.148. The summed E-state index contributed by atoms with van der Waals surface area (Å²) in [6, 6.07) is 13.5. The van der Waals surface area contributed by atoms with E-state index in [9.17, 15) is 18.0 Å². The van der Waals surface area contributed by atoms with E-state index in [-0.39, 0.29) is 18.1 Å². The Morgan fingerprint density at radius 3 is 2.69 bits per heavy atom. The summed E-state index contributed by atoms with van der Waals surface area (Å²) in [7, 11) is 0. The van der Waals surface area contributed by atoms with E-state index in [4.69, 9.17) is 0 Å². The summed E-state index contributed by atoms with van der Waals surface area (Å²) in [5, 5.41) is 14.8. The standard InChI is InChI=1S/C19H15F3N6O/c1-12-9-17(28(25-12)14-6-4-5-13(10-14)19(20,21)22)23-18(29)11-27-16-8-3-2-7-15(16)24-26-27/h2-10H,11H2,1H3,(H,23,29). The molecule has 0 bridgehead atoms. The highest BCUT2D eigenvalue weighted by atomic mass is 19.4. The van der Waals surface area contributed by atoms with Crippen LogP contribution in [0.25, 0.3) is 16.7 Å². The topological polar surface area (TPSA) is 77.6 Å². The largest absolute Gasteiger partial charge is 0.416 e. The van der Waals surface area contributed by atoms with Crippen molar-refractivity contribution in [2.24, 2.45) is 0 Å². The summed E-state index contributed by atoms with van der Waals surface area (Å²) in [6.45, 7) is 1.58. The zero-order chi connectivity index (χ0) is 20.6. The Morgan fingerprint density at radius 1 is 1.10 bits per heavy atom. The van der Waals surface area contributed by atoms with Crippen LogP contribution in [0.4, 0.5) is 19.0 Å². The monoisotopic (exact) mass is 400 g/mol. The molecule has 4 aromatic rings. The molecule has 0 aliphatic heterocycles. The van der Waals surface area contributed by atoms with Gasteiger partial charge in [0.15, 0.2) is 0 Å². The van der Waals surface area contributed by atoms with Gasteiger partial charge in [0, 0.05) is 6.07 Å². The second kappa shape index (κ2) is 7.04. The van der Waals surface area contributed by atoms with Crippen molar-refractivity contribution in [1.82, 2.24) is 24.8 Å². The lowest BCUT2D eigenvalue weighted by molar-refractivity contribution is -0.137. The Balaban J connectivity index is 1.60. The smallest absolute Gasteiger partial charge is 0.309 e. The number of hydrogen-bond donors (Lipinski definition) is 1. The van der Waals surface area contributed by atoms with Gasteiger partial charge in [-0.2, -0.15) is 18.3 Å². The molecule has 0 unspecified atom stereocenters. The highest BCUT2D eigenvalue weighted by Gasteiger charge is 2.30. The molecule has 1 N–H and O–H groups in total. The zero-order valence-corrected chi connectivity index (χ0v) is 15.2. The molecule has 148 valence electrons. The van der Waals surface area contributed by atoms with Crippen molar-refractivity contribution in [2.75, 3.05) is 5.32 Å². The van der Waals surface area contributed by atoms with E-state index in [1.54, 1.807) is 25.1 Å². The van der Waals surface area contributed by atoms with Crippen LogP contribution < -0.4 is 5.32 Å². The van der Waals surface area contributed by atoms with Gasteiger partial charge in [-0.05, 0) is 37.3 Å². The summed E-state index contributed by atoms with van der Waals surface area (Å²) >= 11 is 0.